The van der Waals surface area contributed by atoms with Gasteiger partial charge >= 0.3 is 0 Å². The fraction of sp³-hybridized carbons (Fsp3) is 0.455. The Morgan fingerprint density at radius 3 is 2.21 bits per heavy atom. The average Bonchev–Trinajstić information content (AvgIpc) is 2.19. The molecular weight excluding hydrogens is 178 g/mol. The lowest BCUT2D eigenvalue weighted by Gasteiger charge is -2.17. The van der Waals surface area contributed by atoms with E-state index in [1.807, 2.05) is 31.2 Å². The van der Waals surface area contributed by atoms with E-state index >= 15 is 0 Å². The summed E-state index contributed by atoms with van der Waals surface area (Å²) in [6.45, 7) is 3.70. The number of anilines is 1. The highest BCUT2D eigenvalue weighted by Crippen LogP contribution is 2.16. The smallest absolute Gasteiger partial charge is 0.119 e. The maximum atomic E-state index is 9.30. The van der Waals surface area contributed by atoms with Gasteiger partial charge in [-0.15, -0.1) is 0 Å². The zero-order valence-corrected chi connectivity index (χ0v) is 8.82. The lowest BCUT2D eigenvalue weighted by atomic mass is 10.2. The maximum absolute atomic E-state index is 9.30. The van der Waals surface area contributed by atoms with Gasteiger partial charge in [-0.25, -0.2) is 0 Å². The van der Waals surface area contributed by atoms with E-state index < -0.39 is 0 Å². The van der Waals surface area contributed by atoms with Crippen molar-refractivity contribution < 1.29 is 9.84 Å². The summed E-state index contributed by atoms with van der Waals surface area (Å²) >= 11 is 0. The predicted molar refractivity (Wildman–Crippen MR) is 57.8 cm³/mol. The molecule has 0 aliphatic carbocycles. The van der Waals surface area contributed by atoms with Crippen LogP contribution in [-0.2, 0) is 0 Å². The topological polar surface area (TPSA) is 41.5 Å². The van der Waals surface area contributed by atoms with Crippen LogP contribution >= 0.6 is 0 Å². The van der Waals surface area contributed by atoms with E-state index in [0.717, 1.165) is 11.4 Å². The minimum Gasteiger partial charge on any atom is -0.497 e. The molecule has 78 valence electrons. The molecule has 0 saturated heterocycles. The molecule has 0 amide bonds. The lowest BCUT2D eigenvalue weighted by molar-refractivity contribution is 0.178. The first-order valence-electron chi connectivity index (χ1n) is 4.72. The summed E-state index contributed by atoms with van der Waals surface area (Å²) in [5, 5.41) is 12.5. The van der Waals surface area contributed by atoms with Crippen molar-refractivity contribution in [2.75, 3.05) is 12.4 Å². The molecule has 0 heterocycles. The highest BCUT2D eigenvalue weighted by molar-refractivity contribution is 5.47. The Labute approximate surface area is 84.7 Å². The van der Waals surface area contributed by atoms with Crippen LogP contribution in [0.4, 0.5) is 5.69 Å². The molecule has 1 rings (SSSR count). The summed E-state index contributed by atoms with van der Waals surface area (Å²) in [5.41, 5.74) is 0.985. The number of hydrogen-bond acceptors (Lipinski definition) is 3. The number of aliphatic hydroxyl groups is 1. The predicted octanol–water partition coefficient (Wildman–Crippen LogP) is 1.88. The van der Waals surface area contributed by atoms with E-state index in [-0.39, 0.29) is 12.1 Å². The number of rotatable bonds is 4. The van der Waals surface area contributed by atoms with Crippen molar-refractivity contribution in [3.05, 3.63) is 24.3 Å². The maximum Gasteiger partial charge on any atom is 0.119 e. The van der Waals surface area contributed by atoms with E-state index in [1.165, 1.54) is 0 Å². The number of ether oxygens (including phenoxy) is 1. The molecule has 3 heteroatoms. The van der Waals surface area contributed by atoms with Gasteiger partial charge in [-0.3, -0.25) is 0 Å². The first-order chi connectivity index (χ1) is 6.63. The van der Waals surface area contributed by atoms with Crippen LogP contribution in [0.1, 0.15) is 13.8 Å². The highest BCUT2D eigenvalue weighted by atomic mass is 16.5. The van der Waals surface area contributed by atoms with Crippen LogP contribution in [0.25, 0.3) is 0 Å². The molecule has 0 aliphatic heterocycles. The number of benzene rings is 1. The minimum atomic E-state index is -0.364. The SMILES string of the molecule is COc1ccc(N[C@H](C)[C@@H](C)O)cc1. The van der Waals surface area contributed by atoms with Gasteiger partial charge < -0.3 is 15.2 Å². The highest BCUT2D eigenvalue weighted by Gasteiger charge is 2.07. The summed E-state index contributed by atoms with van der Waals surface area (Å²) in [4.78, 5) is 0. The second-order valence-corrected chi connectivity index (χ2v) is 3.40. The van der Waals surface area contributed by atoms with Crippen molar-refractivity contribution in [3.63, 3.8) is 0 Å². The van der Waals surface area contributed by atoms with Gasteiger partial charge in [0.25, 0.3) is 0 Å². The molecule has 0 aromatic heterocycles. The Kier molecular flexibility index (Phi) is 3.77. The largest absolute Gasteiger partial charge is 0.497 e. The molecule has 3 nitrogen and oxygen atoms in total. The molecule has 0 aliphatic rings. The van der Waals surface area contributed by atoms with E-state index in [4.69, 9.17) is 4.74 Å². The van der Waals surface area contributed by atoms with E-state index in [9.17, 15) is 5.11 Å². The normalized spacial score (nSPS) is 14.6. The first kappa shape index (κ1) is 10.9. The van der Waals surface area contributed by atoms with Crippen molar-refractivity contribution in [2.24, 2.45) is 0 Å². The fourth-order valence-electron chi connectivity index (χ4n) is 1.07. The molecule has 14 heavy (non-hydrogen) atoms. The van der Waals surface area contributed by atoms with Gasteiger partial charge in [-0.2, -0.15) is 0 Å². The Hall–Kier alpha value is -1.22. The Bertz CT molecular complexity index is 269. The van der Waals surface area contributed by atoms with Crippen LogP contribution < -0.4 is 10.1 Å². The Morgan fingerprint density at radius 1 is 1.21 bits per heavy atom. The summed E-state index contributed by atoms with van der Waals surface area (Å²) < 4.78 is 5.04. The van der Waals surface area contributed by atoms with Crippen LogP contribution in [0, 0.1) is 0 Å². The molecule has 2 N–H and O–H groups in total. The van der Waals surface area contributed by atoms with Gasteiger partial charge in [0, 0.05) is 11.7 Å². The Balaban J connectivity index is 2.59. The number of hydrogen-bond donors (Lipinski definition) is 2. The summed E-state index contributed by atoms with van der Waals surface area (Å²) in [6, 6.07) is 7.67. The quantitative estimate of drug-likeness (QED) is 0.770. The standard InChI is InChI=1S/C11H17NO2/c1-8(9(2)13)12-10-4-6-11(14-3)7-5-10/h4-9,12-13H,1-3H3/t8-,9-/m1/s1. The zero-order valence-electron chi connectivity index (χ0n) is 8.82. The summed E-state index contributed by atoms with van der Waals surface area (Å²) in [6.07, 6.45) is -0.364. The summed E-state index contributed by atoms with van der Waals surface area (Å²) in [5.74, 6) is 0.834. The van der Waals surface area contributed by atoms with E-state index in [1.54, 1.807) is 14.0 Å². The first-order valence-corrected chi connectivity index (χ1v) is 4.72. The van der Waals surface area contributed by atoms with Gasteiger partial charge in [0.05, 0.1) is 13.2 Å². The second-order valence-electron chi connectivity index (χ2n) is 3.40. The van der Waals surface area contributed by atoms with Crippen molar-refractivity contribution in [3.8, 4) is 5.75 Å². The molecule has 2 atom stereocenters. The van der Waals surface area contributed by atoms with Crippen LogP contribution in [0.15, 0.2) is 24.3 Å². The molecule has 0 unspecified atom stereocenters. The van der Waals surface area contributed by atoms with Gasteiger partial charge in [-0.05, 0) is 38.1 Å². The second kappa shape index (κ2) is 4.86. The molecule has 0 radical (unpaired) electrons. The van der Waals surface area contributed by atoms with Gasteiger partial charge in [0.2, 0.25) is 0 Å². The molecule has 0 spiro atoms. The number of aliphatic hydroxyl groups excluding tert-OH is 1. The lowest BCUT2D eigenvalue weighted by Crippen LogP contribution is -2.27. The summed E-state index contributed by atoms with van der Waals surface area (Å²) in [7, 11) is 1.64. The monoisotopic (exact) mass is 195 g/mol. The molecule has 0 saturated carbocycles. The van der Waals surface area contributed by atoms with Gasteiger partial charge in [0.1, 0.15) is 5.75 Å². The van der Waals surface area contributed by atoms with Crippen LogP contribution in [0.3, 0.4) is 0 Å². The van der Waals surface area contributed by atoms with E-state index in [0.29, 0.717) is 0 Å². The molecule has 0 bridgehead atoms. The van der Waals surface area contributed by atoms with E-state index in [2.05, 4.69) is 5.32 Å². The zero-order chi connectivity index (χ0) is 10.6. The van der Waals surface area contributed by atoms with Crippen LogP contribution in [0.2, 0.25) is 0 Å². The fourth-order valence-corrected chi connectivity index (χ4v) is 1.07. The minimum absolute atomic E-state index is 0.0448. The van der Waals surface area contributed by atoms with Crippen LogP contribution in [0.5, 0.6) is 5.75 Å². The average molecular weight is 195 g/mol. The third-order valence-corrected chi connectivity index (χ3v) is 2.21. The molecule has 1 aromatic rings. The van der Waals surface area contributed by atoms with Crippen molar-refractivity contribution in [1.82, 2.24) is 0 Å². The number of methoxy groups -OCH3 is 1. The molecule has 0 fully saturated rings. The van der Waals surface area contributed by atoms with Gasteiger partial charge in [0.15, 0.2) is 0 Å². The molecular formula is C11H17NO2. The third-order valence-electron chi connectivity index (χ3n) is 2.21. The molecule has 1 aromatic carbocycles. The third kappa shape index (κ3) is 2.92. The van der Waals surface area contributed by atoms with Gasteiger partial charge in [-0.1, -0.05) is 0 Å². The number of nitrogens with one attached hydrogen (secondary N) is 1. The van der Waals surface area contributed by atoms with Crippen LogP contribution in [-0.4, -0.2) is 24.4 Å². The van der Waals surface area contributed by atoms with Crippen molar-refractivity contribution >= 4 is 5.69 Å². The van der Waals surface area contributed by atoms with Crippen molar-refractivity contribution in [1.29, 1.82) is 0 Å². The van der Waals surface area contributed by atoms with Crippen molar-refractivity contribution in [2.45, 2.75) is 26.0 Å². The Morgan fingerprint density at radius 2 is 1.79 bits per heavy atom.